The van der Waals surface area contributed by atoms with E-state index in [1.165, 1.54) is 19.3 Å². The highest BCUT2D eigenvalue weighted by Gasteiger charge is 2.09. The minimum Gasteiger partial charge on any atom is -0.391 e. The summed E-state index contributed by atoms with van der Waals surface area (Å²) in [5.41, 5.74) is 0.450. The second-order valence-electron chi connectivity index (χ2n) is 5.27. The van der Waals surface area contributed by atoms with Crippen LogP contribution in [-0.2, 0) is 4.74 Å². The zero-order valence-corrected chi connectivity index (χ0v) is 10.2. The molecule has 86 valence electrons. The number of unbranched alkanes of at least 4 members (excludes halogenated alkanes) is 2. The Morgan fingerprint density at radius 2 is 1.79 bits per heavy atom. The van der Waals surface area contributed by atoms with E-state index in [0.717, 1.165) is 12.8 Å². The Hall–Kier alpha value is -0.0800. The summed E-state index contributed by atoms with van der Waals surface area (Å²) >= 11 is 0. The van der Waals surface area contributed by atoms with Crippen molar-refractivity contribution in [3.05, 3.63) is 0 Å². The highest BCUT2D eigenvalue weighted by molar-refractivity contribution is 4.62. The van der Waals surface area contributed by atoms with Crippen molar-refractivity contribution in [3.63, 3.8) is 0 Å². The summed E-state index contributed by atoms with van der Waals surface area (Å²) in [5, 5.41) is 9.38. The lowest BCUT2D eigenvalue weighted by molar-refractivity contribution is 0.0575. The Balaban J connectivity index is 3.21. The van der Waals surface area contributed by atoms with E-state index in [1.807, 2.05) is 0 Å². The van der Waals surface area contributed by atoms with E-state index in [1.54, 1.807) is 7.11 Å². The summed E-state index contributed by atoms with van der Waals surface area (Å²) in [6.45, 7) is 7.28. The van der Waals surface area contributed by atoms with Gasteiger partial charge in [-0.2, -0.15) is 0 Å². The topological polar surface area (TPSA) is 29.5 Å². The van der Waals surface area contributed by atoms with Crippen LogP contribution in [0.25, 0.3) is 0 Å². The number of rotatable bonds is 7. The van der Waals surface area contributed by atoms with Gasteiger partial charge in [0.15, 0.2) is 0 Å². The molecule has 0 aliphatic carbocycles. The maximum Gasteiger partial charge on any atom is 0.0773 e. The third kappa shape index (κ3) is 10.0. The quantitative estimate of drug-likeness (QED) is 0.643. The molecule has 0 aromatic rings. The van der Waals surface area contributed by atoms with Crippen molar-refractivity contribution in [2.24, 2.45) is 5.41 Å². The molecule has 0 spiro atoms. The second-order valence-corrected chi connectivity index (χ2v) is 5.27. The Kier molecular flexibility index (Phi) is 7.20. The number of methoxy groups -OCH3 is 1. The number of aliphatic hydroxyl groups excluding tert-OH is 1. The van der Waals surface area contributed by atoms with Crippen molar-refractivity contribution in [1.29, 1.82) is 0 Å². The monoisotopic (exact) mass is 202 g/mol. The molecule has 0 aromatic heterocycles. The van der Waals surface area contributed by atoms with Gasteiger partial charge in [0.05, 0.1) is 12.7 Å². The van der Waals surface area contributed by atoms with Gasteiger partial charge in [-0.15, -0.1) is 0 Å². The summed E-state index contributed by atoms with van der Waals surface area (Å²) in [4.78, 5) is 0. The van der Waals surface area contributed by atoms with Gasteiger partial charge in [-0.25, -0.2) is 0 Å². The molecule has 0 rings (SSSR count). The summed E-state index contributed by atoms with van der Waals surface area (Å²) in [7, 11) is 1.63. The predicted molar refractivity (Wildman–Crippen MR) is 60.4 cm³/mol. The van der Waals surface area contributed by atoms with Gasteiger partial charge >= 0.3 is 0 Å². The van der Waals surface area contributed by atoms with Gasteiger partial charge in [0.25, 0.3) is 0 Å². The van der Waals surface area contributed by atoms with Crippen LogP contribution in [0.3, 0.4) is 0 Å². The molecule has 0 amide bonds. The Morgan fingerprint density at radius 3 is 2.29 bits per heavy atom. The maximum atomic E-state index is 9.38. The van der Waals surface area contributed by atoms with Crippen LogP contribution < -0.4 is 0 Å². The Morgan fingerprint density at radius 1 is 1.14 bits per heavy atom. The number of hydrogen-bond donors (Lipinski definition) is 1. The first-order chi connectivity index (χ1) is 6.45. The molecule has 0 aliphatic heterocycles. The number of aliphatic hydroxyl groups is 1. The van der Waals surface area contributed by atoms with Gasteiger partial charge in [0, 0.05) is 7.11 Å². The van der Waals surface area contributed by atoms with E-state index >= 15 is 0 Å². The first-order valence-electron chi connectivity index (χ1n) is 5.63. The van der Waals surface area contributed by atoms with Crippen LogP contribution in [0.2, 0.25) is 0 Å². The van der Waals surface area contributed by atoms with Crippen molar-refractivity contribution < 1.29 is 9.84 Å². The van der Waals surface area contributed by atoms with Crippen LogP contribution in [0.15, 0.2) is 0 Å². The first kappa shape index (κ1) is 13.9. The van der Waals surface area contributed by atoms with Gasteiger partial charge < -0.3 is 9.84 Å². The van der Waals surface area contributed by atoms with Crippen LogP contribution in [0, 0.1) is 5.41 Å². The highest BCUT2D eigenvalue weighted by atomic mass is 16.5. The number of ether oxygens (including phenoxy) is 1. The van der Waals surface area contributed by atoms with Gasteiger partial charge in [-0.3, -0.25) is 0 Å². The fourth-order valence-corrected chi connectivity index (χ4v) is 1.49. The zero-order valence-electron chi connectivity index (χ0n) is 10.2. The SMILES string of the molecule is COCC(O)CCCCCC(C)(C)C. The van der Waals surface area contributed by atoms with Gasteiger partial charge in [0.1, 0.15) is 0 Å². The predicted octanol–water partition coefficient (Wildman–Crippen LogP) is 2.99. The largest absolute Gasteiger partial charge is 0.391 e. The van der Waals surface area contributed by atoms with E-state index in [9.17, 15) is 5.11 Å². The van der Waals surface area contributed by atoms with Crippen LogP contribution in [0.5, 0.6) is 0 Å². The fourth-order valence-electron chi connectivity index (χ4n) is 1.49. The molecular formula is C12H26O2. The standard InChI is InChI=1S/C12H26O2/c1-12(2,3)9-7-5-6-8-11(13)10-14-4/h11,13H,5-10H2,1-4H3. The highest BCUT2D eigenvalue weighted by Crippen LogP contribution is 2.22. The molecule has 0 bridgehead atoms. The van der Waals surface area contributed by atoms with Crippen LogP contribution in [0.1, 0.15) is 52.9 Å². The smallest absolute Gasteiger partial charge is 0.0773 e. The number of hydrogen-bond acceptors (Lipinski definition) is 2. The molecule has 1 atom stereocenters. The molecule has 14 heavy (non-hydrogen) atoms. The van der Waals surface area contributed by atoms with Crippen LogP contribution in [0.4, 0.5) is 0 Å². The Labute approximate surface area is 88.7 Å². The van der Waals surface area contributed by atoms with Crippen molar-refractivity contribution in [3.8, 4) is 0 Å². The zero-order chi connectivity index (χ0) is 11.0. The second kappa shape index (κ2) is 7.24. The normalized spacial score (nSPS) is 14.4. The molecule has 0 radical (unpaired) electrons. The van der Waals surface area contributed by atoms with E-state index in [2.05, 4.69) is 20.8 Å². The van der Waals surface area contributed by atoms with Crippen LogP contribution in [-0.4, -0.2) is 24.9 Å². The molecule has 0 aromatic carbocycles. The molecule has 0 saturated carbocycles. The summed E-state index contributed by atoms with van der Waals surface area (Å²) in [5.74, 6) is 0. The minimum atomic E-state index is -0.269. The third-order valence-electron chi connectivity index (χ3n) is 2.32. The van der Waals surface area contributed by atoms with Crippen molar-refractivity contribution in [2.75, 3.05) is 13.7 Å². The third-order valence-corrected chi connectivity index (χ3v) is 2.32. The summed E-state index contributed by atoms with van der Waals surface area (Å²) in [6, 6.07) is 0. The maximum absolute atomic E-state index is 9.38. The summed E-state index contributed by atoms with van der Waals surface area (Å²) < 4.78 is 4.86. The Bertz CT molecular complexity index is 127. The molecule has 1 unspecified atom stereocenters. The fraction of sp³-hybridized carbons (Fsp3) is 1.00. The van der Waals surface area contributed by atoms with Crippen LogP contribution >= 0.6 is 0 Å². The van der Waals surface area contributed by atoms with E-state index in [-0.39, 0.29) is 6.10 Å². The molecule has 2 nitrogen and oxygen atoms in total. The lowest BCUT2D eigenvalue weighted by Gasteiger charge is -2.17. The summed E-state index contributed by atoms with van der Waals surface area (Å²) in [6.07, 6.45) is 5.47. The van der Waals surface area contributed by atoms with Gasteiger partial charge in [-0.1, -0.05) is 40.0 Å². The van der Waals surface area contributed by atoms with E-state index < -0.39 is 0 Å². The molecular weight excluding hydrogens is 176 g/mol. The van der Waals surface area contributed by atoms with Gasteiger partial charge in [0.2, 0.25) is 0 Å². The average Bonchev–Trinajstić information content (AvgIpc) is 2.02. The lowest BCUT2D eigenvalue weighted by atomic mass is 9.89. The molecule has 0 fully saturated rings. The molecule has 0 saturated heterocycles. The van der Waals surface area contributed by atoms with E-state index in [4.69, 9.17) is 4.74 Å². The molecule has 1 N–H and O–H groups in total. The molecule has 0 heterocycles. The van der Waals surface area contributed by atoms with E-state index in [0.29, 0.717) is 12.0 Å². The molecule has 2 heteroatoms. The first-order valence-corrected chi connectivity index (χ1v) is 5.63. The van der Waals surface area contributed by atoms with Gasteiger partial charge in [-0.05, 0) is 18.3 Å². The average molecular weight is 202 g/mol. The molecule has 0 aliphatic rings. The van der Waals surface area contributed by atoms with Crippen molar-refractivity contribution >= 4 is 0 Å². The lowest BCUT2D eigenvalue weighted by Crippen LogP contribution is -2.13. The minimum absolute atomic E-state index is 0.269. The van der Waals surface area contributed by atoms with Crippen molar-refractivity contribution in [2.45, 2.75) is 59.0 Å². The van der Waals surface area contributed by atoms with Crippen molar-refractivity contribution in [1.82, 2.24) is 0 Å².